The van der Waals surface area contributed by atoms with Crippen molar-refractivity contribution < 1.29 is 9.53 Å². The first-order valence-corrected chi connectivity index (χ1v) is 5.29. The predicted molar refractivity (Wildman–Crippen MR) is 63.6 cm³/mol. The minimum atomic E-state index is -0.0914. The van der Waals surface area contributed by atoms with E-state index in [-0.39, 0.29) is 5.78 Å². The van der Waals surface area contributed by atoms with Crippen LogP contribution in [0.15, 0.2) is 54.4 Å². The number of Topliss-reactive ketones (excluding diaryl/α,β-unsaturated/α-hetero) is 1. The molecular weight excluding hydrogens is 214 g/mol. The second-order valence-electron chi connectivity index (χ2n) is 3.69. The SMILES string of the molecule is O=C1/C(=C/c2ccccn2)Oc2ccccc21. The maximum atomic E-state index is 12.0. The predicted octanol–water partition coefficient (Wildman–Crippen LogP) is 2.70. The smallest absolute Gasteiger partial charge is 0.232 e. The van der Waals surface area contributed by atoms with Crippen LogP contribution in [0.2, 0.25) is 0 Å². The van der Waals surface area contributed by atoms with E-state index < -0.39 is 0 Å². The van der Waals surface area contributed by atoms with Crippen LogP contribution in [0, 0.1) is 0 Å². The summed E-state index contributed by atoms with van der Waals surface area (Å²) in [5.41, 5.74) is 1.32. The molecule has 0 saturated carbocycles. The van der Waals surface area contributed by atoms with Gasteiger partial charge in [-0.1, -0.05) is 18.2 Å². The van der Waals surface area contributed by atoms with Gasteiger partial charge in [0.25, 0.3) is 0 Å². The van der Waals surface area contributed by atoms with Gasteiger partial charge in [-0.25, -0.2) is 0 Å². The van der Waals surface area contributed by atoms with Gasteiger partial charge in [0, 0.05) is 12.3 Å². The van der Waals surface area contributed by atoms with Gasteiger partial charge in [0.2, 0.25) is 5.78 Å². The number of ether oxygens (including phenoxy) is 1. The van der Waals surface area contributed by atoms with Gasteiger partial charge in [-0.05, 0) is 24.3 Å². The van der Waals surface area contributed by atoms with E-state index in [1.165, 1.54) is 0 Å². The van der Waals surface area contributed by atoms with Gasteiger partial charge in [-0.3, -0.25) is 9.78 Å². The van der Waals surface area contributed by atoms with Crippen LogP contribution in [0.5, 0.6) is 5.75 Å². The minimum Gasteiger partial charge on any atom is -0.452 e. The van der Waals surface area contributed by atoms with E-state index in [0.29, 0.717) is 22.8 Å². The summed E-state index contributed by atoms with van der Waals surface area (Å²) in [5, 5.41) is 0. The maximum Gasteiger partial charge on any atom is 0.232 e. The largest absolute Gasteiger partial charge is 0.452 e. The number of fused-ring (bicyclic) bond motifs is 1. The van der Waals surface area contributed by atoms with Crippen molar-refractivity contribution in [1.82, 2.24) is 4.98 Å². The summed E-state index contributed by atoms with van der Waals surface area (Å²) >= 11 is 0. The number of hydrogen-bond acceptors (Lipinski definition) is 3. The lowest BCUT2D eigenvalue weighted by Crippen LogP contribution is -1.98. The molecule has 1 aliphatic rings. The summed E-state index contributed by atoms with van der Waals surface area (Å²) in [5.74, 6) is 0.843. The van der Waals surface area contributed by atoms with Gasteiger partial charge in [0.05, 0.1) is 11.3 Å². The van der Waals surface area contributed by atoms with Crippen molar-refractivity contribution in [3.63, 3.8) is 0 Å². The molecule has 0 fully saturated rings. The monoisotopic (exact) mass is 223 g/mol. The molecule has 0 bridgehead atoms. The van der Waals surface area contributed by atoms with Crippen LogP contribution in [-0.4, -0.2) is 10.8 Å². The molecule has 3 rings (SSSR count). The molecular formula is C14H9NO2. The van der Waals surface area contributed by atoms with Gasteiger partial charge in [-0.15, -0.1) is 0 Å². The van der Waals surface area contributed by atoms with Crippen molar-refractivity contribution in [1.29, 1.82) is 0 Å². The van der Waals surface area contributed by atoms with Crippen molar-refractivity contribution in [3.8, 4) is 5.75 Å². The molecule has 1 aromatic heterocycles. The van der Waals surface area contributed by atoms with E-state index in [2.05, 4.69) is 4.98 Å². The molecule has 2 heterocycles. The van der Waals surface area contributed by atoms with Gasteiger partial charge >= 0.3 is 0 Å². The number of nitrogens with zero attached hydrogens (tertiary/aromatic N) is 1. The Labute approximate surface area is 98.4 Å². The average molecular weight is 223 g/mol. The maximum absolute atomic E-state index is 12.0. The topological polar surface area (TPSA) is 39.2 Å². The first kappa shape index (κ1) is 9.78. The Balaban J connectivity index is 2.00. The molecule has 2 aromatic rings. The highest BCUT2D eigenvalue weighted by atomic mass is 16.5. The zero-order valence-corrected chi connectivity index (χ0v) is 8.96. The number of ketones is 1. The van der Waals surface area contributed by atoms with Crippen LogP contribution in [-0.2, 0) is 0 Å². The van der Waals surface area contributed by atoms with E-state index >= 15 is 0 Å². The van der Waals surface area contributed by atoms with Crippen molar-refractivity contribution >= 4 is 11.9 Å². The highest BCUT2D eigenvalue weighted by Gasteiger charge is 2.26. The zero-order chi connectivity index (χ0) is 11.7. The van der Waals surface area contributed by atoms with E-state index in [0.717, 1.165) is 0 Å². The highest BCUT2D eigenvalue weighted by Crippen LogP contribution is 2.30. The molecule has 82 valence electrons. The van der Waals surface area contributed by atoms with Crippen LogP contribution < -0.4 is 4.74 Å². The summed E-state index contributed by atoms with van der Waals surface area (Å²) in [6, 6.07) is 12.7. The van der Waals surface area contributed by atoms with Crippen LogP contribution in [0.25, 0.3) is 6.08 Å². The third-order valence-corrected chi connectivity index (χ3v) is 2.54. The van der Waals surface area contributed by atoms with E-state index in [4.69, 9.17) is 4.74 Å². The van der Waals surface area contributed by atoms with Gasteiger partial charge in [0.15, 0.2) is 5.76 Å². The Hall–Kier alpha value is -2.42. The zero-order valence-electron chi connectivity index (χ0n) is 8.96. The average Bonchev–Trinajstić information content (AvgIpc) is 2.68. The first-order chi connectivity index (χ1) is 8.34. The lowest BCUT2D eigenvalue weighted by molar-refractivity contribution is 0.101. The van der Waals surface area contributed by atoms with Crippen LogP contribution in [0.4, 0.5) is 0 Å². The molecule has 3 nitrogen and oxygen atoms in total. The molecule has 0 radical (unpaired) electrons. The number of benzene rings is 1. The Morgan fingerprint density at radius 2 is 1.88 bits per heavy atom. The molecule has 0 amide bonds. The standard InChI is InChI=1S/C14H9NO2/c16-14-11-6-1-2-7-12(11)17-13(14)9-10-5-3-4-8-15-10/h1-9H/b13-9-. The van der Waals surface area contributed by atoms with Gasteiger partial charge < -0.3 is 4.74 Å². The lowest BCUT2D eigenvalue weighted by atomic mass is 10.1. The van der Waals surface area contributed by atoms with E-state index in [1.54, 1.807) is 24.4 Å². The Morgan fingerprint density at radius 1 is 1.06 bits per heavy atom. The minimum absolute atomic E-state index is 0.0914. The van der Waals surface area contributed by atoms with Gasteiger partial charge in [-0.2, -0.15) is 0 Å². The number of allylic oxidation sites excluding steroid dienone is 1. The molecule has 0 aliphatic carbocycles. The highest BCUT2D eigenvalue weighted by molar-refractivity contribution is 6.14. The summed E-state index contributed by atoms with van der Waals surface area (Å²) in [6.07, 6.45) is 3.33. The van der Waals surface area contributed by atoms with E-state index in [9.17, 15) is 4.79 Å². The Morgan fingerprint density at radius 3 is 2.65 bits per heavy atom. The molecule has 3 heteroatoms. The second-order valence-corrected chi connectivity index (χ2v) is 3.69. The van der Waals surface area contributed by atoms with Crippen molar-refractivity contribution in [2.24, 2.45) is 0 Å². The molecule has 1 aliphatic heterocycles. The normalized spacial score (nSPS) is 15.8. The molecule has 0 saturated heterocycles. The number of carbonyl (C=O) groups excluding carboxylic acids is 1. The molecule has 0 unspecified atom stereocenters. The van der Waals surface area contributed by atoms with Crippen LogP contribution in [0.3, 0.4) is 0 Å². The third kappa shape index (κ3) is 1.72. The number of aromatic nitrogens is 1. The van der Waals surface area contributed by atoms with Crippen LogP contribution >= 0.6 is 0 Å². The molecule has 0 atom stereocenters. The number of hydrogen-bond donors (Lipinski definition) is 0. The molecule has 17 heavy (non-hydrogen) atoms. The summed E-state index contributed by atoms with van der Waals surface area (Å²) in [6.45, 7) is 0. The van der Waals surface area contributed by atoms with Crippen molar-refractivity contribution in [3.05, 3.63) is 65.7 Å². The quantitative estimate of drug-likeness (QED) is 0.698. The lowest BCUT2D eigenvalue weighted by Gasteiger charge is -1.97. The fraction of sp³-hybridized carbons (Fsp3) is 0. The Kier molecular flexibility index (Phi) is 2.22. The third-order valence-electron chi connectivity index (χ3n) is 2.54. The summed E-state index contributed by atoms with van der Waals surface area (Å²) in [7, 11) is 0. The van der Waals surface area contributed by atoms with Gasteiger partial charge in [0.1, 0.15) is 5.75 Å². The number of para-hydroxylation sites is 1. The summed E-state index contributed by atoms with van der Waals surface area (Å²) < 4.78 is 5.49. The van der Waals surface area contributed by atoms with Crippen LogP contribution in [0.1, 0.15) is 16.1 Å². The summed E-state index contributed by atoms with van der Waals surface area (Å²) in [4.78, 5) is 16.1. The van der Waals surface area contributed by atoms with Crippen molar-refractivity contribution in [2.45, 2.75) is 0 Å². The van der Waals surface area contributed by atoms with E-state index in [1.807, 2.05) is 30.3 Å². The Bertz CT molecular complexity index is 603. The fourth-order valence-corrected chi connectivity index (χ4v) is 1.73. The number of rotatable bonds is 1. The number of pyridine rings is 1. The number of carbonyl (C=O) groups is 1. The fourth-order valence-electron chi connectivity index (χ4n) is 1.73. The molecule has 0 N–H and O–H groups in total. The molecule has 1 aromatic carbocycles. The first-order valence-electron chi connectivity index (χ1n) is 5.29. The van der Waals surface area contributed by atoms with Crippen molar-refractivity contribution in [2.75, 3.05) is 0 Å². The second kappa shape index (κ2) is 3.87. The molecule has 0 spiro atoms.